The molecule has 1 aliphatic carbocycles. The van der Waals surface area contributed by atoms with E-state index in [1.54, 1.807) is 0 Å². The Hall–Kier alpha value is -3.59. The van der Waals surface area contributed by atoms with Crippen LogP contribution in [0.15, 0.2) is 60.7 Å². The summed E-state index contributed by atoms with van der Waals surface area (Å²) in [7, 11) is 0. The van der Waals surface area contributed by atoms with Gasteiger partial charge in [0.05, 0.1) is 24.8 Å². The summed E-state index contributed by atoms with van der Waals surface area (Å²) in [5.41, 5.74) is 2.79. The van der Waals surface area contributed by atoms with Gasteiger partial charge in [0.15, 0.2) is 0 Å². The number of nitriles is 1. The fourth-order valence-corrected chi connectivity index (χ4v) is 4.82. The number of unbranched alkanes of at least 4 members (excludes halogenated alkanes) is 4. The maximum absolute atomic E-state index is 12.0. The normalized spacial score (nSPS) is 16.9. The number of hydrogen-bond donors (Lipinski definition) is 0. The first kappa shape index (κ1) is 30.0. The molecule has 6 nitrogen and oxygen atoms in total. The molecule has 0 heterocycles. The zero-order valence-corrected chi connectivity index (χ0v) is 23.1. The number of rotatable bonds is 15. The lowest BCUT2D eigenvalue weighted by Crippen LogP contribution is -2.24. The maximum Gasteiger partial charge on any atom is 0.331 e. The zero-order valence-electron chi connectivity index (χ0n) is 23.1. The average Bonchev–Trinajstić information content (AvgIpc) is 2.97. The Morgan fingerprint density at radius 1 is 0.821 bits per heavy atom. The first-order chi connectivity index (χ1) is 19.1. The van der Waals surface area contributed by atoms with E-state index in [-0.39, 0.29) is 6.10 Å². The molecule has 0 atom stereocenters. The molecule has 2 aromatic rings. The van der Waals surface area contributed by atoms with Crippen molar-refractivity contribution in [3.8, 4) is 22.9 Å². The molecule has 0 unspecified atom stereocenters. The molecular weight excluding hydrogens is 490 g/mol. The minimum absolute atomic E-state index is 0.0340. The molecule has 3 rings (SSSR count). The molecule has 2 aromatic carbocycles. The topological polar surface area (TPSA) is 85.6 Å². The van der Waals surface area contributed by atoms with E-state index in [2.05, 4.69) is 13.0 Å². The van der Waals surface area contributed by atoms with E-state index in [4.69, 9.17) is 19.5 Å². The summed E-state index contributed by atoms with van der Waals surface area (Å²) in [5.74, 6) is 0.611. The van der Waals surface area contributed by atoms with Gasteiger partial charge in [0.1, 0.15) is 11.9 Å². The minimum atomic E-state index is -0.511. The molecule has 0 saturated heterocycles. The van der Waals surface area contributed by atoms with Crippen LogP contribution in [0.25, 0.3) is 11.1 Å². The van der Waals surface area contributed by atoms with Gasteiger partial charge in [0.25, 0.3) is 0 Å². The first-order valence-electron chi connectivity index (χ1n) is 14.4. The number of esters is 2. The highest BCUT2D eigenvalue weighted by Gasteiger charge is 2.23. The van der Waals surface area contributed by atoms with Gasteiger partial charge < -0.3 is 14.2 Å². The van der Waals surface area contributed by atoms with E-state index in [0.717, 1.165) is 80.2 Å². The number of nitrogens with zero attached hydrogens (tertiary/aromatic N) is 1. The second-order valence-corrected chi connectivity index (χ2v) is 10.2. The third-order valence-corrected chi connectivity index (χ3v) is 7.15. The standard InChI is InChI=1S/C33H41NO5/c1-2-3-8-26-11-17-31(18-12-26)39-33(36)22-21-32(35)38-24-7-5-4-6-23-37-30-19-15-29(16-20-30)28-13-9-27(25-34)10-14-28/h9-10,13-16,19-22,26,31H,2-8,11-12,17-18,23-24H2,1H3/b22-21+. The Morgan fingerprint density at radius 3 is 2.08 bits per heavy atom. The summed E-state index contributed by atoms with van der Waals surface area (Å²) < 4.78 is 16.5. The maximum atomic E-state index is 12.0. The molecule has 208 valence electrons. The van der Waals surface area contributed by atoms with Crippen LogP contribution in [-0.4, -0.2) is 31.3 Å². The van der Waals surface area contributed by atoms with Crippen molar-refractivity contribution in [1.82, 2.24) is 0 Å². The van der Waals surface area contributed by atoms with Crippen LogP contribution in [-0.2, 0) is 19.1 Å². The molecule has 1 saturated carbocycles. The van der Waals surface area contributed by atoms with Gasteiger partial charge in [0.2, 0.25) is 0 Å². The van der Waals surface area contributed by atoms with E-state index < -0.39 is 11.9 Å². The SMILES string of the molecule is CCCCC1CCC(OC(=O)/C=C/C(=O)OCCCCCCOc2ccc(-c3ccc(C#N)cc3)cc2)CC1. The van der Waals surface area contributed by atoms with Crippen LogP contribution in [0.1, 0.15) is 83.1 Å². The monoisotopic (exact) mass is 531 g/mol. The number of hydrogen-bond acceptors (Lipinski definition) is 6. The predicted octanol–water partition coefficient (Wildman–Crippen LogP) is 7.56. The summed E-state index contributed by atoms with van der Waals surface area (Å²) >= 11 is 0. The fourth-order valence-electron chi connectivity index (χ4n) is 4.82. The predicted molar refractivity (Wildman–Crippen MR) is 152 cm³/mol. The number of carbonyl (C=O) groups excluding carboxylic acids is 2. The molecule has 0 bridgehead atoms. The van der Waals surface area contributed by atoms with E-state index >= 15 is 0 Å². The van der Waals surface area contributed by atoms with Crippen molar-refractivity contribution >= 4 is 11.9 Å². The molecule has 39 heavy (non-hydrogen) atoms. The van der Waals surface area contributed by atoms with Gasteiger partial charge in [-0.2, -0.15) is 5.26 Å². The van der Waals surface area contributed by atoms with Crippen molar-refractivity contribution in [2.75, 3.05) is 13.2 Å². The van der Waals surface area contributed by atoms with Crippen LogP contribution in [0.2, 0.25) is 0 Å². The van der Waals surface area contributed by atoms with Gasteiger partial charge in [-0.25, -0.2) is 9.59 Å². The molecule has 6 heteroatoms. The molecule has 0 aromatic heterocycles. The van der Waals surface area contributed by atoms with Gasteiger partial charge >= 0.3 is 11.9 Å². The highest BCUT2D eigenvalue weighted by molar-refractivity contribution is 5.91. The van der Waals surface area contributed by atoms with Crippen molar-refractivity contribution < 1.29 is 23.8 Å². The third kappa shape index (κ3) is 11.4. The molecule has 0 radical (unpaired) electrons. The quantitative estimate of drug-likeness (QED) is 0.134. The highest BCUT2D eigenvalue weighted by atomic mass is 16.5. The Bertz CT molecular complexity index is 1080. The molecule has 0 amide bonds. The van der Waals surface area contributed by atoms with Crippen LogP contribution in [0.4, 0.5) is 0 Å². The summed E-state index contributed by atoms with van der Waals surface area (Å²) in [6.45, 7) is 3.17. The van der Waals surface area contributed by atoms with Crippen molar-refractivity contribution in [1.29, 1.82) is 5.26 Å². The number of carbonyl (C=O) groups is 2. The van der Waals surface area contributed by atoms with Gasteiger partial charge in [-0.15, -0.1) is 0 Å². The fraction of sp³-hybridized carbons (Fsp3) is 0.485. The Morgan fingerprint density at radius 2 is 1.44 bits per heavy atom. The lowest BCUT2D eigenvalue weighted by Gasteiger charge is -2.27. The second-order valence-electron chi connectivity index (χ2n) is 10.2. The number of benzene rings is 2. The van der Waals surface area contributed by atoms with Crippen LogP contribution < -0.4 is 4.74 Å². The summed E-state index contributed by atoms with van der Waals surface area (Å²) in [6, 6.07) is 17.6. The van der Waals surface area contributed by atoms with Crippen molar-refractivity contribution in [3.05, 3.63) is 66.2 Å². The van der Waals surface area contributed by atoms with Crippen molar-refractivity contribution in [2.45, 2.75) is 83.7 Å². The molecular formula is C33H41NO5. The molecule has 0 aliphatic heterocycles. The average molecular weight is 532 g/mol. The molecule has 1 fully saturated rings. The third-order valence-electron chi connectivity index (χ3n) is 7.15. The van der Waals surface area contributed by atoms with Gasteiger partial charge in [-0.05, 0) is 92.7 Å². The van der Waals surface area contributed by atoms with E-state index in [9.17, 15) is 9.59 Å². The van der Waals surface area contributed by atoms with Crippen LogP contribution in [0, 0.1) is 17.2 Å². The van der Waals surface area contributed by atoms with Crippen LogP contribution in [0.5, 0.6) is 5.75 Å². The van der Waals surface area contributed by atoms with Gasteiger partial charge in [0, 0.05) is 12.2 Å². The minimum Gasteiger partial charge on any atom is -0.494 e. The highest BCUT2D eigenvalue weighted by Crippen LogP contribution is 2.30. The van der Waals surface area contributed by atoms with E-state index in [0.29, 0.717) is 18.8 Å². The Labute approximate surface area is 233 Å². The molecule has 0 N–H and O–H groups in total. The summed E-state index contributed by atoms with van der Waals surface area (Å²) in [5, 5.41) is 8.92. The lowest BCUT2D eigenvalue weighted by molar-refractivity contribution is -0.145. The van der Waals surface area contributed by atoms with E-state index in [1.165, 1.54) is 25.3 Å². The smallest absolute Gasteiger partial charge is 0.331 e. The Kier molecular flexibility index (Phi) is 13.1. The zero-order chi connectivity index (χ0) is 27.7. The second kappa shape index (κ2) is 17.1. The van der Waals surface area contributed by atoms with Gasteiger partial charge in [-0.3, -0.25) is 0 Å². The summed E-state index contributed by atoms with van der Waals surface area (Å²) in [4.78, 5) is 23.9. The number of ether oxygens (including phenoxy) is 3. The van der Waals surface area contributed by atoms with Crippen molar-refractivity contribution in [2.24, 2.45) is 5.92 Å². The van der Waals surface area contributed by atoms with Gasteiger partial charge in [-0.1, -0.05) is 50.5 Å². The lowest BCUT2D eigenvalue weighted by atomic mass is 9.84. The summed E-state index contributed by atoms with van der Waals surface area (Å²) in [6.07, 6.45) is 13.7. The van der Waals surface area contributed by atoms with Crippen molar-refractivity contribution in [3.63, 3.8) is 0 Å². The largest absolute Gasteiger partial charge is 0.494 e. The molecule has 1 aliphatic rings. The molecule has 0 spiro atoms. The van der Waals surface area contributed by atoms with E-state index in [1.807, 2.05) is 48.5 Å². The Balaban J connectivity index is 1.19. The van der Waals surface area contributed by atoms with Crippen LogP contribution >= 0.6 is 0 Å². The first-order valence-corrected chi connectivity index (χ1v) is 14.4. The van der Waals surface area contributed by atoms with Crippen LogP contribution in [0.3, 0.4) is 0 Å².